The summed E-state index contributed by atoms with van der Waals surface area (Å²) < 4.78 is 0. The Bertz CT molecular complexity index is 851. The number of carbonyl (C=O) groups excluding carboxylic acids is 1. The zero-order valence-corrected chi connectivity index (χ0v) is 13.6. The van der Waals surface area contributed by atoms with Gasteiger partial charge in [-0.3, -0.25) is 4.79 Å². The van der Waals surface area contributed by atoms with Gasteiger partial charge < -0.3 is 5.32 Å². The highest BCUT2D eigenvalue weighted by Gasteiger charge is 2.12. The SMILES string of the molecule is Cc1cccc(NC(=O)/C(=C\c2ccccc2)c2ccccc2)c1. The van der Waals surface area contributed by atoms with Crippen LogP contribution in [0.5, 0.6) is 0 Å². The average molecular weight is 313 g/mol. The molecule has 0 aliphatic carbocycles. The third-order valence-corrected chi connectivity index (χ3v) is 3.72. The van der Waals surface area contributed by atoms with Gasteiger partial charge in [-0.05, 0) is 41.8 Å². The van der Waals surface area contributed by atoms with E-state index in [2.05, 4.69) is 5.32 Å². The minimum Gasteiger partial charge on any atom is -0.322 e. The van der Waals surface area contributed by atoms with Gasteiger partial charge in [0, 0.05) is 11.3 Å². The van der Waals surface area contributed by atoms with Crippen LogP contribution in [0, 0.1) is 6.92 Å². The molecule has 0 saturated heterocycles. The molecule has 1 N–H and O–H groups in total. The van der Waals surface area contributed by atoms with Crippen LogP contribution in [0.1, 0.15) is 16.7 Å². The standard InChI is InChI=1S/C22H19NO/c1-17-9-8-14-20(15-17)23-22(24)21(19-12-6-3-7-13-19)16-18-10-4-2-5-11-18/h2-16H,1H3,(H,23,24)/b21-16-. The summed E-state index contributed by atoms with van der Waals surface area (Å²) in [4.78, 5) is 12.8. The van der Waals surface area contributed by atoms with Crippen molar-refractivity contribution in [2.24, 2.45) is 0 Å². The second kappa shape index (κ2) is 7.42. The summed E-state index contributed by atoms with van der Waals surface area (Å²) in [5.41, 5.74) is 4.45. The van der Waals surface area contributed by atoms with Crippen molar-refractivity contribution in [1.29, 1.82) is 0 Å². The van der Waals surface area contributed by atoms with Crippen molar-refractivity contribution in [3.63, 3.8) is 0 Å². The lowest BCUT2D eigenvalue weighted by Gasteiger charge is -2.10. The van der Waals surface area contributed by atoms with Crippen molar-refractivity contribution in [3.8, 4) is 0 Å². The molecule has 3 aromatic rings. The number of aryl methyl sites for hydroxylation is 1. The van der Waals surface area contributed by atoms with Crippen LogP contribution in [0.15, 0.2) is 84.9 Å². The van der Waals surface area contributed by atoms with Gasteiger partial charge in [-0.25, -0.2) is 0 Å². The van der Waals surface area contributed by atoms with Crippen LogP contribution in [0.4, 0.5) is 5.69 Å². The van der Waals surface area contributed by atoms with Crippen molar-refractivity contribution >= 4 is 23.2 Å². The smallest absolute Gasteiger partial charge is 0.256 e. The molecule has 0 spiro atoms. The molecule has 24 heavy (non-hydrogen) atoms. The number of amides is 1. The van der Waals surface area contributed by atoms with Crippen LogP contribution in [-0.2, 0) is 4.79 Å². The van der Waals surface area contributed by atoms with Crippen LogP contribution in [-0.4, -0.2) is 5.91 Å². The zero-order valence-electron chi connectivity index (χ0n) is 13.6. The molecule has 0 radical (unpaired) electrons. The molecule has 0 atom stereocenters. The second-order valence-electron chi connectivity index (χ2n) is 5.66. The topological polar surface area (TPSA) is 29.1 Å². The zero-order chi connectivity index (χ0) is 16.8. The van der Waals surface area contributed by atoms with E-state index in [0.717, 1.165) is 22.4 Å². The molecule has 1 amide bonds. The first-order chi connectivity index (χ1) is 11.7. The number of rotatable bonds is 4. The number of hydrogen-bond donors (Lipinski definition) is 1. The quantitative estimate of drug-likeness (QED) is 0.522. The minimum atomic E-state index is -0.115. The van der Waals surface area contributed by atoms with Gasteiger partial charge in [-0.15, -0.1) is 0 Å². The van der Waals surface area contributed by atoms with Gasteiger partial charge in [-0.1, -0.05) is 72.8 Å². The van der Waals surface area contributed by atoms with Gasteiger partial charge in [-0.2, -0.15) is 0 Å². The van der Waals surface area contributed by atoms with Crippen molar-refractivity contribution in [1.82, 2.24) is 0 Å². The van der Waals surface area contributed by atoms with E-state index in [0.29, 0.717) is 5.57 Å². The third kappa shape index (κ3) is 3.99. The first-order valence-electron chi connectivity index (χ1n) is 7.92. The van der Waals surface area contributed by atoms with Gasteiger partial charge >= 0.3 is 0 Å². The molecular weight excluding hydrogens is 294 g/mol. The van der Waals surface area contributed by atoms with E-state index in [9.17, 15) is 4.79 Å². The van der Waals surface area contributed by atoms with E-state index in [1.807, 2.05) is 97.9 Å². The lowest BCUT2D eigenvalue weighted by molar-refractivity contribution is -0.111. The van der Waals surface area contributed by atoms with Crippen LogP contribution >= 0.6 is 0 Å². The first kappa shape index (κ1) is 15.8. The highest BCUT2D eigenvalue weighted by molar-refractivity contribution is 6.29. The highest BCUT2D eigenvalue weighted by atomic mass is 16.1. The molecule has 2 nitrogen and oxygen atoms in total. The predicted octanol–water partition coefficient (Wildman–Crippen LogP) is 5.17. The molecule has 0 aromatic heterocycles. The minimum absolute atomic E-state index is 0.115. The Labute approximate surface area is 142 Å². The number of carbonyl (C=O) groups is 1. The normalized spacial score (nSPS) is 11.1. The third-order valence-electron chi connectivity index (χ3n) is 3.72. The van der Waals surface area contributed by atoms with E-state index in [1.165, 1.54) is 0 Å². The molecule has 0 aliphatic rings. The number of hydrogen-bond acceptors (Lipinski definition) is 1. The lowest BCUT2D eigenvalue weighted by atomic mass is 10.0. The fourth-order valence-electron chi connectivity index (χ4n) is 2.53. The molecule has 0 fully saturated rings. The number of nitrogens with one attached hydrogen (secondary N) is 1. The summed E-state index contributed by atoms with van der Waals surface area (Å²) in [6, 6.07) is 27.4. The van der Waals surface area contributed by atoms with Crippen LogP contribution in [0.3, 0.4) is 0 Å². The van der Waals surface area contributed by atoms with E-state index < -0.39 is 0 Å². The molecule has 0 saturated carbocycles. The fraction of sp³-hybridized carbons (Fsp3) is 0.0455. The summed E-state index contributed by atoms with van der Waals surface area (Å²) in [5, 5.41) is 2.99. The van der Waals surface area contributed by atoms with Crippen molar-refractivity contribution < 1.29 is 4.79 Å². The lowest BCUT2D eigenvalue weighted by Crippen LogP contribution is -2.13. The molecule has 0 bridgehead atoms. The molecule has 0 heterocycles. The highest BCUT2D eigenvalue weighted by Crippen LogP contribution is 2.21. The Balaban J connectivity index is 1.95. The van der Waals surface area contributed by atoms with E-state index in [1.54, 1.807) is 0 Å². The summed E-state index contributed by atoms with van der Waals surface area (Å²) in [6.45, 7) is 2.01. The number of benzene rings is 3. The summed E-state index contributed by atoms with van der Waals surface area (Å²) in [5.74, 6) is -0.115. The van der Waals surface area contributed by atoms with Gasteiger partial charge in [0.05, 0.1) is 0 Å². The molecule has 3 rings (SSSR count). The fourth-order valence-corrected chi connectivity index (χ4v) is 2.53. The maximum Gasteiger partial charge on any atom is 0.256 e. The van der Waals surface area contributed by atoms with Crippen LogP contribution in [0.25, 0.3) is 11.6 Å². The Kier molecular flexibility index (Phi) is 4.87. The first-order valence-corrected chi connectivity index (χ1v) is 7.92. The molecule has 0 unspecified atom stereocenters. The van der Waals surface area contributed by atoms with Crippen LogP contribution in [0.2, 0.25) is 0 Å². The second-order valence-corrected chi connectivity index (χ2v) is 5.66. The van der Waals surface area contributed by atoms with Gasteiger partial charge in [0.2, 0.25) is 0 Å². The summed E-state index contributed by atoms with van der Waals surface area (Å²) in [7, 11) is 0. The van der Waals surface area contributed by atoms with Crippen molar-refractivity contribution in [2.75, 3.05) is 5.32 Å². The Morgan fingerprint density at radius 1 is 0.833 bits per heavy atom. The van der Waals surface area contributed by atoms with Crippen LogP contribution < -0.4 is 5.32 Å². The van der Waals surface area contributed by atoms with E-state index in [-0.39, 0.29) is 5.91 Å². The maximum atomic E-state index is 12.8. The summed E-state index contributed by atoms with van der Waals surface area (Å²) in [6.07, 6.45) is 1.92. The van der Waals surface area contributed by atoms with Gasteiger partial charge in [0.1, 0.15) is 0 Å². The van der Waals surface area contributed by atoms with Crippen molar-refractivity contribution in [3.05, 3.63) is 102 Å². The Hall–Kier alpha value is -3.13. The van der Waals surface area contributed by atoms with E-state index >= 15 is 0 Å². The molecule has 3 aromatic carbocycles. The van der Waals surface area contributed by atoms with Gasteiger partial charge in [0.15, 0.2) is 0 Å². The molecule has 2 heteroatoms. The largest absolute Gasteiger partial charge is 0.322 e. The molecule has 0 aliphatic heterocycles. The van der Waals surface area contributed by atoms with E-state index in [4.69, 9.17) is 0 Å². The summed E-state index contributed by atoms with van der Waals surface area (Å²) >= 11 is 0. The molecule has 118 valence electrons. The predicted molar refractivity (Wildman–Crippen MR) is 101 cm³/mol. The van der Waals surface area contributed by atoms with Gasteiger partial charge in [0.25, 0.3) is 5.91 Å². The molecular formula is C22H19NO. The van der Waals surface area contributed by atoms with Crippen molar-refractivity contribution in [2.45, 2.75) is 6.92 Å². The monoisotopic (exact) mass is 313 g/mol. The number of anilines is 1. The maximum absolute atomic E-state index is 12.8. The Morgan fingerprint density at radius 3 is 2.17 bits per heavy atom. The Morgan fingerprint density at radius 2 is 1.50 bits per heavy atom. The average Bonchev–Trinajstić information content (AvgIpc) is 2.61.